The van der Waals surface area contributed by atoms with E-state index in [1.807, 2.05) is 23.9 Å². The maximum atomic E-state index is 10.0. The van der Waals surface area contributed by atoms with E-state index in [-0.39, 0.29) is 6.04 Å². The normalized spacial score (nSPS) is 18.7. The molecule has 0 heterocycles. The standard InChI is InChI=1S/C15H23NO2S/c1-11(16-10-15(19-3)7-4-8-15)13-6-5-12(18-2)9-14(13)17/h5-6,9,11,16-17H,4,7-8,10H2,1-3H3. The molecule has 106 valence electrons. The van der Waals surface area contributed by atoms with Crippen LogP contribution in [0.3, 0.4) is 0 Å². The second-order valence-electron chi connectivity index (χ2n) is 5.27. The number of phenols is 1. The van der Waals surface area contributed by atoms with Crippen LogP contribution in [0.25, 0.3) is 0 Å². The van der Waals surface area contributed by atoms with E-state index >= 15 is 0 Å². The van der Waals surface area contributed by atoms with Gasteiger partial charge in [-0.05, 0) is 32.1 Å². The predicted octanol–water partition coefficient (Wildman–Crippen LogP) is 3.34. The van der Waals surface area contributed by atoms with Gasteiger partial charge in [-0.3, -0.25) is 0 Å². The Morgan fingerprint density at radius 1 is 1.47 bits per heavy atom. The second-order valence-corrected chi connectivity index (χ2v) is 6.54. The van der Waals surface area contributed by atoms with Crippen LogP contribution in [0.1, 0.15) is 37.8 Å². The Kier molecular flexibility index (Phi) is 4.63. The summed E-state index contributed by atoms with van der Waals surface area (Å²) in [7, 11) is 1.61. The smallest absolute Gasteiger partial charge is 0.124 e. The van der Waals surface area contributed by atoms with Gasteiger partial charge in [0.1, 0.15) is 11.5 Å². The summed E-state index contributed by atoms with van der Waals surface area (Å²) < 4.78 is 5.52. The fourth-order valence-corrected chi connectivity index (χ4v) is 3.41. The summed E-state index contributed by atoms with van der Waals surface area (Å²) in [6.45, 7) is 3.09. The van der Waals surface area contributed by atoms with Gasteiger partial charge in [0.15, 0.2) is 0 Å². The zero-order chi connectivity index (χ0) is 13.9. The van der Waals surface area contributed by atoms with Gasteiger partial charge in [-0.25, -0.2) is 0 Å². The molecule has 1 fully saturated rings. The van der Waals surface area contributed by atoms with Crippen LogP contribution >= 0.6 is 11.8 Å². The maximum absolute atomic E-state index is 10.0. The summed E-state index contributed by atoms with van der Waals surface area (Å²) >= 11 is 1.96. The Morgan fingerprint density at radius 2 is 2.21 bits per heavy atom. The third-order valence-electron chi connectivity index (χ3n) is 4.13. The van der Waals surface area contributed by atoms with Crippen molar-refractivity contribution in [2.24, 2.45) is 0 Å². The molecule has 0 amide bonds. The number of ether oxygens (including phenoxy) is 1. The number of nitrogens with one attached hydrogen (secondary N) is 1. The van der Waals surface area contributed by atoms with Crippen molar-refractivity contribution in [3.05, 3.63) is 23.8 Å². The van der Waals surface area contributed by atoms with Crippen LogP contribution in [0.5, 0.6) is 11.5 Å². The summed E-state index contributed by atoms with van der Waals surface area (Å²) in [6, 6.07) is 5.64. The lowest BCUT2D eigenvalue weighted by Gasteiger charge is -2.41. The van der Waals surface area contributed by atoms with Gasteiger partial charge in [0, 0.05) is 29.0 Å². The van der Waals surface area contributed by atoms with E-state index < -0.39 is 0 Å². The minimum Gasteiger partial charge on any atom is -0.507 e. The number of phenolic OH excluding ortho intramolecular Hbond substituents is 1. The lowest BCUT2D eigenvalue weighted by Crippen LogP contribution is -2.44. The van der Waals surface area contributed by atoms with Gasteiger partial charge >= 0.3 is 0 Å². The highest BCUT2D eigenvalue weighted by atomic mass is 32.2. The summed E-state index contributed by atoms with van der Waals surface area (Å²) in [6.07, 6.45) is 6.12. The zero-order valence-electron chi connectivity index (χ0n) is 11.9. The maximum Gasteiger partial charge on any atom is 0.124 e. The number of methoxy groups -OCH3 is 1. The van der Waals surface area contributed by atoms with Crippen molar-refractivity contribution in [1.82, 2.24) is 5.32 Å². The molecule has 2 N–H and O–H groups in total. The molecule has 0 bridgehead atoms. The lowest BCUT2D eigenvalue weighted by molar-refractivity contribution is 0.332. The Morgan fingerprint density at radius 3 is 2.68 bits per heavy atom. The van der Waals surface area contributed by atoms with Gasteiger partial charge in [-0.1, -0.05) is 12.5 Å². The van der Waals surface area contributed by atoms with Crippen molar-refractivity contribution in [2.45, 2.75) is 37.0 Å². The molecule has 1 saturated carbocycles. The SMILES string of the molecule is COc1ccc(C(C)NCC2(SC)CCC2)c(O)c1. The lowest BCUT2D eigenvalue weighted by atomic mass is 9.84. The van der Waals surface area contributed by atoms with Gasteiger partial charge in [0.25, 0.3) is 0 Å². The highest BCUT2D eigenvalue weighted by Crippen LogP contribution is 2.42. The minimum atomic E-state index is 0.149. The first kappa shape index (κ1) is 14.5. The molecule has 0 aromatic heterocycles. The fourth-order valence-electron chi connectivity index (χ4n) is 2.49. The van der Waals surface area contributed by atoms with E-state index in [0.29, 0.717) is 16.2 Å². The summed E-state index contributed by atoms with van der Waals surface area (Å²) in [5, 5.41) is 13.6. The third-order valence-corrected chi connectivity index (χ3v) is 5.55. The van der Waals surface area contributed by atoms with E-state index in [4.69, 9.17) is 4.74 Å². The Bertz CT molecular complexity index is 427. The highest BCUT2D eigenvalue weighted by Gasteiger charge is 2.36. The number of rotatable bonds is 6. The van der Waals surface area contributed by atoms with Crippen LogP contribution in [0, 0.1) is 0 Å². The Hall–Kier alpha value is -0.870. The van der Waals surface area contributed by atoms with Crippen molar-refractivity contribution in [2.75, 3.05) is 19.9 Å². The molecule has 1 aromatic rings. The second kappa shape index (κ2) is 6.06. The van der Waals surface area contributed by atoms with Crippen molar-refractivity contribution in [1.29, 1.82) is 0 Å². The van der Waals surface area contributed by atoms with Gasteiger partial charge in [0.05, 0.1) is 7.11 Å². The Balaban J connectivity index is 1.97. The van der Waals surface area contributed by atoms with Crippen LogP contribution < -0.4 is 10.1 Å². The molecule has 0 radical (unpaired) electrons. The molecule has 0 aliphatic heterocycles. The number of benzene rings is 1. The van der Waals surface area contributed by atoms with Gasteiger partial charge in [-0.2, -0.15) is 11.8 Å². The molecule has 2 rings (SSSR count). The summed E-state index contributed by atoms with van der Waals surface area (Å²) in [5.74, 6) is 0.985. The zero-order valence-corrected chi connectivity index (χ0v) is 12.7. The molecule has 1 aromatic carbocycles. The number of hydrogen-bond donors (Lipinski definition) is 2. The Labute approximate surface area is 119 Å². The average molecular weight is 281 g/mol. The third kappa shape index (κ3) is 3.18. The molecule has 1 aliphatic rings. The van der Waals surface area contributed by atoms with Crippen LogP contribution in [0.15, 0.2) is 18.2 Å². The first-order chi connectivity index (χ1) is 9.10. The van der Waals surface area contributed by atoms with E-state index in [9.17, 15) is 5.11 Å². The molecule has 4 heteroatoms. The topological polar surface area (TPSA) is 41.5 Å². The molecule has 0 saturated heterocycles. The molecule has 0 spiro atoms. The molecular weight excluding hydrogens is 258 g/mol. The first-order valence-corrected chi connectivity index (χ1v) is 7.98. The van der Waals surface area contributed by atoms with Crippen LogP contribution in [0.2, 0.25) is 0 Å². The van der Waals surface area contributed by atoms with E-state index in [1.165, 1.54) is 19.3 Å². The highest BCUT2D eigenvalue weighted by molar-refractivity contribution is 8.00. The molecule has 1 unspecified atom stereocenters. The molecule has 1 atom stereocenters. The number of hydrogen-bond acceptors (Lipinski definition) is 4. The van der Waals surface area contributed by atoms with Crippen LogP contribution in [0.4, 0.5) is 0 Å². The molecule has 1 aliphatic carbocycles. The van der Waals surface area contributed by atoms with Gasteiger partial charge in [0.2, 0.25) is 0 Å². The minimum absolute atomic E-state index is 0.149. The van der Waals surface area contributed by atoms with Crippen LogP contribution in [-0.2, 0) is 0 Å². The van der Waals surface area contributed by atoms with Gasteiger partial charge < -0.3 is 15.2 Å². The van der Waals surface area contributed by atoms with Crippen LogP contribution in [-0.4, -0.2) is 29.8 Å². The van der Waals surface area contributed by atoms with Crippen molar-refractivity contribution in [3.8, 4) is 11.5 Å². The van der Waals surface area contributed by atoms with E-state index in [1.54, 1.807) is 13.2 Å². The molecule has 19 heavy (non-hydrogen) atoms. The molecule has 3 nitrogen and oxygen atoms in total. The summed E-state index contributed by atoms with van der Waals surface area (Å²) in [4.78, 5) is 0. The molecular formula is C15H23NO2S. The van der Waals surface area contributed by atoms with Crippen molar-refractivity contribution < 1.29 is 9.84 Å². The van der Waals surface area contributed by atoms with Crippen molar-refractivity contribution >= 4 is 11.8 Å². The quantitative estimate of drug-likeness (QED) is 0.839. The number of aromatic hydroxyl groups is 1. The predicted molar refractivity (Wildman–Crippen MR) is 81.2 cm³/mol. The van der Waals surface area contributed by atoms with E-state index in [2.05, 4.69) is 18.5 Å². The van der Waals surface area contributed by atoms with Crippen molar-refractivity contribution in [3.63, 3.8) is 0 Å². The largest absolute Gasteiger partial charge is 0.507 e. The first-order valence-electron chi connectivity index (χ1n) is 6.76. The fraction of sp³-hybridized carbons (Fsp3) is 0.600. The van der Waals surface area contributed by atoms with Gasteiger partial charge in [-0.15, -0.1) is 0 Å². The summed E-state index contributed by atoms with van der Waals surface area (Å²) in [5.41, 5.74) is 0.927. The van der Waals surface area contributed by atoms with E-state index in [0.717, 1.165) is 12.1 Å². The average Bonchev–Trinajstić information content (AvgIpc) is 2.37. The number of thioether (sulfide) groups is 1. The monoisotopic (exact) mass is 281 g/mol.